The number of nitro benzene ring substituents is 1. The summed E-state index contributed by atoms with van der Waals surface area (Å²) in [5.74, 6) is -0.497. The van der Waals surface area contributed by atoms with Crippen LogP contribution >= 0.6 is 11.6 Å². The highest BCUT2D eigenvalue weighted by Crippen LogP contribution is 2.28. The maximum absolute atomic E-state index is 12.0. The average molecular weight is 286 g/mol. The van der Waals surface area contributed by atoms with Crippen molar-refractivity contribution in [2.75, 3.05) is 20.6 Å². The lowest BCUT2D eigenvalue weighted by Gasteiger charge is -2.18. The highest BCUT2D eigenvalue weighted by atomic mass is 35.5. The third kappa shape index (κ3) is 4.18. The molecule has 104 valence electrons. The molecule has 6 nitrogen and oxygen atoms in total. The van der Waals surface area contributed by atoms with E-state index in [-0.39, 0.29) is 22.3 Å². The zero-order chi connectivity index (χ0) is 14.6. The molecule has 0 fully saturated rings. The van der Waals surface area contributed by atoms with Gasteiger partial charge < -0.3 is 10.2 Å². The molecule has 1 rings (SSSR count). The minimum atomic E-state index is -0.645. The van der Waals surface area contributed by atoms with Crippen molar-refractivity contribution in [3.05, 3.63) is 38.9 Å². The topological polar surface area (TPSA) is 75.5 Å². The lowest BCUT2D eigenvalue weighted by molar-refractivity contribution is -0.385. The van der Waals surface area contributed by atoms with Crippen molar-refractivity contribution in [3.63, 3.8) is 0 Å². The van der Waals surface area contributed by atoms with Gasteiger partial charge in [0.25, 0.3) is 5.91 Å². The average Bonchev–Trinajstić information content (AvgIpc) is 2.26. The molecule has 7 heteroatoms. The minimum absolute atomic E-state index is 0.0249. The number of amides is 1. The molecule has 1 aromatic rings. The van der Waals surface area contributed by atoms with Gasteiger partial charge in [0.2, 0.25) is 0 Å². The molecule has 0 saturated carbocycles. The van der Waals surface area contributed by atoms with E-state index < -0.39 is 10.8 Å². The number of para-hydroxylation sites is 1. The Morgan fingerprint density at radius 3 is 2.68 bits per heavy atom. The number of carbonyl (C=O) groups is 1. The van der Waals surface area contributed by atoms with Gasteiger partial charge in [-0.15, -0.1) is 0 Å². The second kappa shape index (κ2) is 6.49. The summed E-state index contributed by atoms with van der Waals surface area (Å²) in [6.45, 7) is 2.47. The van der Waals surface area contributed by atoms with E-state index >= 15 is 0 Å². The van der Waals surface area contributed by atoms with Crippen LogP contribution in [0.25, 0.3) is 0 Å². The molecular weight excluding hydrogens is 270 g/mol. The van der Waals surface area contributed by atoms with Gasteiger partial charge in [-0.25, -0.2) is 0 Å². The molecule has 0 spiro atoms. The second-order valence-corrected chi connectivity index (χ2v) is 4.94. The number of nitrogens with zero attached hydrogens (tertiary/aromatic N) is 2. The van der Waals surface area contributed by atoms with Gasteiger partial charge in [-0.1, -0.05) is 17.7 Å². The fourth-order valence-electron chi connectivity index (χ4n) is 1.78. The Kier molecular flexibility index (Phi) is 5.26. The van der Waals surface area contributed by atoms with Gasteiger partial charge in [0, 0.05) is 12.6 Å². The number of halogens is 1. The van der Waals surface area contributed by atoms with Crippen LogP contribution in [0.15, 0.2) is 18.2 Å². The van der Waals surface area contributed by atoms with Gasteiger partial charge in [0.1, 0.15) is 10.6 Å². The summed E-state index contributed by atoms with van der Waals surface area (Å²) >= 11 is 5.76. The molecule has 0 aromatic heterocycles. The summed E-state index contributed by atoms with van der Waals surface area (Å²) in [6, 6.07) is 4.17. The molecule has 0 aliphatic heterocycles. The number of carbonyl (C=O) groups excluding carboxylic acids is 1. The van der Waals surface area contributed by atoms with Gasteiger partial charge in [0.05, 0.1) is 4.92 Å². The first kappa shape index (κ1) is 15.4. The van der Waals surface area contributed by atoms with Gasteiger partial charge >= 0.3 is 5.69 Å². The second-order valence-electron chi connectivity index (χ2n) is 4.53. The molecule has 0 aliphatic rings. The minimum Gasteiger partial charge on any atom is -0.348 e. The first-order valence-corrected chi connectivity index (χ1v) is 6.09. The fourth-order valence-corrected chi connectivity index (χ4v) is 2.02. The van der Waals surface area contributed by atoms with E-state index in [9.17, 15) is 14.9 Å². The number of rotatable bonds is 5. The lowest BCUT2D eigenvalue weighted by atomic mass is 10.1. The number of likely N-dealkylation sites (N-methyl/N-ethyl adjacent to an activating group) is 1. The lowest BCUT2D eigenvalue weighted by Crippen LogP contribution is -2.39. The van der Waals surface area contributed by atoms with Crippen molar-refractivity contribution in [1.29, 1.82) is 0 Å². The fraction of sp³-hybridized carbons (Fsp3) is 0.417. The van der Waals surface area contributed by atoms with Crippen LogP contribution in [0, 0.1) is 10.1 Å². The Morgan fingerprint density at radius 2 is 2.16 bits per heavy atom. The molecule has 0 radical (unpaired) electrons. The van der Waals surface area contributed by atoms with Crippen molar-refractivity contribution < 1.29 is 9.72 Å². The van der Waals surface area contributed by atoms with Crippen LogP contribution in [-0.4, -0.2) is 42.4 Å². The zero-order valence-corrected chi connectivity index (χ0v) is 11.8. The number of hydrogen-bond donors (Lipinski definition) is 1. The third-order valence-corrected chi connectivity index (χ3v) is 2.74. The molecule has 1 atom stereocenters. The van der Waals surface area contributed by atoms with Crippen LogP contribution in [0.1, 0.15) is 17.3 Å². The first-order chi connectivity index (χ1) is 8.82. The Hall–Kier alpha value is -1.66. The number of hydrogen-bond acceptors (Lipinski definition) is 4. The van der Waals surface area contributed by atoms with Gasteiger partial charge in [-0.2, -0.15) is 0 Å². The number of nitro groups is 1. The molecule has 1 N–H and O–H groups in total. The predicted octanol–water partition coefficient (Wildman–Crippen LogP) is 1.93. The van der Waals surface area contributed by atoms with E-state index in [1.807, 2.05) is 25.9 Å². The van der Waals surface area contributed by atoms with E-state index in [2.05, 4.69) is 5.32 Å². The van der Waals surface area contributed by atoms with Crippen LogP contribution in [0.2, 0.25) is 5.02 Å². The molecule has 1 aromatic carbocycles. The van der Waals surface area contributed by atoms with E-state index in [0.29, 0.717) is 6.54 Å². The molecule has 1 unspecified atom stereocenters. The monoisotopic (exact) mass is 285 g/mol. The summed E-state index contributed by atoms with van der Waals surface area (Å²) in [4.78, 5) is 24.2. The normalized spacial score (nSPS) is 12.3. The Balaban J connectivity index is 2.94. The molecule has 19 heavy (non-hydrogen) atoms. The van der Waals surface area contributed by atoms with Gasteiger partial charge in [-0.05, 0) is 33.2 Å². The molecule has 0 heterocycles. The highest BCUT2D eigenvalue weighted by molar-refractivity contribution is 6.33. The summed E-state index contributed by atoms with van der Waals surface area (Å²) in [5.41, 5.74) is -0.387. The van der Waals surface area contributed by atoms with Crippen molar-refractivity contribution in [2.45, 2.75) is 13.0 Å². The van der Waals surface area contributed by atoms with Crippen LogP contribution in [0.4, 0.5) is 5.69 Å². The third-order valence-electron chi connectivity index (χ3n) is 2.43. The Bertz CT molecular complexity index is 491. The molecular formula is C12H16ClN3O3. The Labute approximate surface area is 116 Å². The number of benzene rings is 1. The maximum atomic E-state index is 12.0. The molecule has 1 amide bonds. The van der Waals surface area contributed by atoms with E-state index in [1.54, 1.807) is 0 Å². The van der Waals surface area contributed by atoms with Gasteiger partial charge in [0.15, 0.2) is 0 Å². The Morgan fingerprint density at radius 1 is 1.53 bits per heavy atom. The van der Waals surface area contributed by atoms with E-state index in [4.69, 9.17) is 11.6 Å². The van der Waals surface area contributed by atoms with Gasteiger partial charge in [-0.3, -0.25) is 14.9 Å². The molecule has 0 saturated heterocycles. The quantitative estimate of drug-likeness (QED) is 0.662. The summed E-state index contributed by atoms with van der Waals surface area (Å²) < 4.78 is 0. The van der Waals surface area contributed by atoms with Crippen LogP contribution < -0.4 is 5.32 Å². The maximum Gasteiger partial charge on any atom is 0.300 e. The van der Waals surface area contributed by atoms with Crippen LogP contribution in [0.3, 0.4) is 0 Å². The van der Waals surface area contributed by atoms with E-state index in [1.165, 1.54) is 18.2 Å². The van der Waals surface area contributed by atoms with Crippen LogP contribution in [-0.2, 0) is 0 Å². The predicted molar refractivity (Wildman–Crippen MR) is 73.6 cm³/mol. The zero-order valence-electron chi connectivity index (χ0n) is 11.0. The van der Waals surface area contributed by atoms with E-state index in [0.717, 1.165) is 0 Å². The first-order valence-electron chi connectivity index (χ1n) is 5.71. The summed E-state index contributed by atoms with van der Waals surface area (Å²) in [7, 11) is 3.76. The number of nitrogens with one attached hydrogen (secondary N) is 1. The van der Waals surface area contributed by atoms with Crippen molar-refractivity contribution in [1.82, 2.24) is 10.2 Å². The van der Waals surface area contributed by atoms with Crippen molar-refractivity contribution in [3.8, 4) is 0 Å². The largest absolute Gasteiger partial charge is 0.348 e. The highest BCUT2D eigenvalue weighted by Gasteiger charge is 2.24. The molecule has 0 aliphatic carbocycles. The smallest absolute Gasteiger partial charge is 0.300 e. The summed E-state index contributed by atoms with van der Waals surface area (Å²) in [5, 5.41) is 13.6. The van der Waals surface area contributed by atoms with Crippen LogP contribution in [0.5, 0.6) is 0 Å². The van der Waals surface area contributed by atoms with Crippen molar-refractivity contribution >= 4 is 23.2 Å². The SMILES string of the molecule is CC(CN(C)C)NC(=O)c1cccc(Cl)c1[N+](=O)[O-]. The van der Waals surface area contributed by atoms with Crippen molar-refractivity contribution in [2.24, 2.45) is 0 Å². The standard InChI is InChI=1S/C12H16ClN3O3/c1-8(7-15(2)3)14-12(17)9-5-4-6-10(13)11(9)16(18)19/h4-6,8H,7H2,1-3H3,(H,14,17). The summed E-state index contributed by atoms with van der Waals surface area (Å²) in [6.07, 6.45) is 0. The molecule has 0 bridgehead atoms.